The summed E-state index contributed by atoms with van der Waals surface area (Å²) in [6.45, 7) is 5.05. The molecule has 6 heteroatoms. The van der Waals surface area contributed by atoms with Gasteiger partial charge in [0.1, 0.15) is 0 Å². The first-order chi connectivity index (χ1) is 13.8. The standard InChI is InChI=1S/C22H32N4O2/c1-2-3-14-28-15-8-13-23-22(27)25-20-11-7-12-21-19(20)16-24-26(21)17-18-9-5-4-6-10-18/h4-6,9-10,16,20H,2-3,7-8,11-15,17H2,1H3,(H2,23,25,27). The lowest BCUT2D eigenvalue weighted by atomic mass is 9.93. The molecule has 6 nitrogen and oxygen atoms in total. The molecule has 1 aliphatic carbocycles. The van der Waals surface area contributed by atoms with E-state index in [9.17, 15) is 4.79 Å². The zero-order valence-corrected chi connectivity index (χ0v) is 16.8. The van der Waals surface area contributed by atoms with E-state index in [0.717, 1.165) is 57.2 Å². The first kappa shape index (κ1) is 20.4. The maximum absolute atomic E-state index is 12.3. The fourth-order valence-electron chi connectivity index (χ4n) is 3.60. The third kappa shape index (κ3) is 5.83. The van der Waals surface area contributed by atoms with Gasteiger partial charge in [-0.3, -0.25) is 4.68 Å². The second kappa shape index (κ2) is 10.9. The number of ether oxygens (including phenoxy) is 1. The van der Waals surface area contributed by atoms with Crippen LogP contribution >= 0.6 is 0 Å². The van der Waals surface area contributed by atoms with Crippen LogP contribution in [0.4, 0.5) is 4.79 Å². The third-order valence-electron chi connectivity index (χ3n) is 5.14. The van der Waals surface area contributed by atoms with Crippen LogP contribution in [0.1, 0.15) is 61.9 Å². The lowest BCUT2D eigenvalue weighted by molar-refractivity contribution is 0.129. The molecule has 0 fully saturated rings. The number of hydrogen-bond acceptors (Lipinski definition) is 3. The fourth-order valence-corrected chi connectivity index (χ4v) is 3.60. The molecule has 3 rings (SSSR count). The summed E-state index contributed by atoms with van der Waals surface area (Å²) in [7, 11) is 0. The highest BCUT2D eigenvalue weighted by Crippen LogP contribution is 2.29. The van der Waals surface area contributed by atoms with Gasteiger partial charge in [-0.25, -0.2) is 4.79 Å². The molecule has 2 N–H and O–H groups in total. The molecule has 28 heavy (non-hydrogen) atoms. The van der Waals surface area contributed by atoms with Crippen LogP contribution in [0.2, 0.25) is 0 Å². The number of carbonyl (C=O) groups excluding carboxylic acids is 1. The van der Waals surface area contributed by atoms with Gasteiger partial charge in [0.15, 0.2) is 0 Å². The summed E-state index contributed by atoms with van der Waals surface area (Å²) >= 11 is 0. The maximum Gasteiger partial charge on any atom is 0.315 e. The Balaban J connectivity index is 1.47. The van der Waals surface area contributed by atoms with Crippen LogP contribution in [-0.2, 0) is 17.7 Å². The summed E-state index contributed by atoms with van der Waals surface area (Å²) in [6.07, 6.45) is 8.02. The number of unbranched alkanes of at least 4 members (excludes halogenated alkanes) is 1. The van der Waals surface area contributed by atoms with E-state index in [4.69, 9.17) is 4.74 Å². The number of nitrogens with zero attached hydrogens (tertiary/aromatic N) is 2. The largest absolute Gasteiger partial charge is 0.381 e. The Kier molecular flexibility index (Phi) is 7.91. The van der Waals surface area contributed by atoms with Gasteiger partial charge in [0, 0.05) is 31.0 Å². The molecule has 2 aromatic rings. The highest BCUT2D eigenvalue weighted by molar-refractivity contribution is 5.74. The molecule has 0 saturated carbocycles. The Morgan fingerprint density at radius 3 is 2.89 bits per heavy atom. The number of fused-ring (bicyclic) bond motifs is 1. The molecule has 0 bridgehead atoms. The second-order valence-electron chi connectivity index (χ2n) is 7.35. The van der Waals surface area contributed by atoms with E-state index in [1.165, 1.54) is 11.3 Å². The zero-order chi connectivity index (χ0) is 19.6. The molecular weight excluding hydrogens is 352 g/mol. The monoisotopic (exact) mass is 384 g/mol. The molecule has 0 saturated heterocycles. The Morgan fingerprint density at radius 1 is 1.25 bits per heavy atom. The number of urea groups is 1. The smallest absolute Gasteiger partial charge is 0.315 e. The number of nitrogens with one attached hydrogen (secondary N) is 2. The van der Waals surface area contributed by atoms with Crippen molar-refractivity contribution in [3.05, 3.63) is 53.3 Å². The van der Waals surface area contributed by atoms with Gasteiger partial charge in [0.2, 0.25) is 0 Å². The van der Waals surface area contributed by atoms with Crippen LogP contribution in [0.5, 0.6) is 0 Å². The molecule has 1 heterocycles. The van der Waals surface area contributed by atoms with Gasteiger partial charge < -0.3 is 15.4 Å². The highest BCUT2D eigenvalue weighted by atomic mass is 16.5. The predicted octanol–water partition coefficient (Wildman–Crippen LogP) is 3.81. The van der Waals surface area contributed by atoms with E-state index in [1.54, 1.807) is 0 Å². The average Bonchev–Trinajstić information content (AvgIpc) is 3.12. The lowest BCUT2D eigenvalue weighted by Gasteiger charge is -2.24. The predicted molar refractivity (Wildman–Crippen MR) is 110 cm³/mol. The number of carbonyl (C=O) groups is 1. The van der Waals surface area contributed by atoms with Gasteiger partial charge in [0.05, 0.1) is 18.8 Å². The SMILES string of the molecule is CCCCOCCCNC(=O)NC1CCCc2c1cnn2Cc1ccccc1. The molecule has 0 spiro atoms. The molecule has 1 atom stereocenters. The number of rotatable bonds is 10. The number of aromatic nitrogens is 2. The molecule has 1 aromatic carbocycles. The van der Waals surface area contributed by atoms with E-state index in [-0.39, 0.29) is 12.1 Å². The van der Waals surface area contributed by atoms with Crippen molar-refractivity contribution >= 4 is 6.03 Å². The minimum absolute atomic E-state index is 0.0362. The topological polar surface area (TPSA) is 68.2 Å². The minimum Gasteiger partial charge on any atom is -0.381 e. The van der Waals surface area contributed by atoms with E-state index < -0.39 is 0 Å². The fraction of sp³-hybridized carbons (Fsp3) is 0.545. The molecular formula is C22H32N4O2. The lowest BCUT2D eigenvalue weighted by Crippen LogP contribution is -2.39. The van der Waals surface area contributed by atoms with Crippen molar-refractivity contribution in [3.63, 3.8) is 0 Å². The van der Waals surface area contributed by atoms with Crippen molar-refractivity contribution in [1.29, 1.82) is 0 Å². The van der Waals surface area contributed by atoms with Gasteiger partial charge in [-0.2, -0.15) is 5.10 Å². The molecule has 1 aliphatic rings. The Hall–Kier alpha value is -2.34. The van der Waals surface area contributed by atoms with Gasteiger partial charge in [0.25, 0.3) is 0 Å². The summed E-state index contributed by atoms with van der Waals surface area (Å²) in [6, 6.07) is 10.3. The number of amides is 2. The van der Waals surface area contributed by atoms with Crippen molar-refractivity contribution in [3.8, 4) is 0 Å². The van der Waals surface area contributed by atoms with Crippen molar-refractivity contribution in [2.45, 2.75) is 58.0 Å². The van der Waals surface area contributed by atoms with Crippen LogP contribution in [0, 0.1) is 0 Å². The molecule has 0 aliphatic heterocycles. The maximum atomic E-state index is 12.3. The van der Waals surface area contributed by atoms with E-state index >= 15 is 0 Å². The van der Waals surface area contributed by atoms with E-state index in [2.05, 4.69) is 51.6 Å². The van der Waals surface area contributed by atoms with Crippen LogP contribution in [-0.4, -0.2) is 35.6 Å². The Labute approximate surface area is 167 Å². The van der Waals surface area contributed by atoms with Crippen LogP contribution in [0.25, 0.3) is 0 Å². The Bertz CT molecular complexity index is 729. The molecule has 0 radical (unpaired) electrons. The van der Waals surface area contributed by atoms with Gasteiger partial charge >= 0.3 is 6.03 Å². The number of hydrogen-bond donors (Lipinski definition) is 2. The van der Waals surface area contributed by atoms with Crippen molar-refractivity contribution in [2.24, 2.45) is 0 Å². The first-order valence-corrected chi connectivity index (χ1v) is 10.5. The molecule has 1 unspecified atom stereocenters. The average molecular weight is 385 g/mol. The van der Waals surface area contributed by atoms with E-state index in [0.29, 0.717) is 13.2 Å². The summed E-state index contributed by atoms with van der Waals surface area (Å²) in [5.74, 6) is 0. The van der Waals surface area contributed by atoms with Gasteiger partial charge in [-0.15, -0.1) is 0 Å². The summed E-state index contributed by atoms with van der Waals surface area (Å²) in [4.78, 5) is 12.3. The first-order valence-electron chi connectivity index (χ1n) is 10.5. The van der Waals surface area contributed by atoms with Crippen LogP contribution < -0.4 is 10.6 Å². The van der Waals surface area contributed by atoms with E-state index in [1.807, 2.05) is 12.3 Å². The molecule has 2 amide bonds. The minimum atomic E-state index is -0.109. The Morgan fingerprint density at radius 2 is 2.07 bits per heavy atom. The van der Waals surface area contributed by atoms with Crippen LogP contribution in [0.15, 0.2) is 36.5 Å². The number of benzene rings is 1. The normalized spacial score (nSPS) is 15.8. The summed E-state index contributed by atoms with van der Waals surface area (Å²) in [5.41, 5.74) is 3.63. The van der Waals surface area contributed by atoms with Crippen molar-refractivity contribution in [1.82, 2.24) is 20.4 Å². The highest BCUT2D eigenvalue weighted by Gasteiger charge is 2.25. The molecule has 152 valence electrons. The second-order valence-corrected chi connectivity index (χ2v) is 7.35. The van der Waals surface area contributed by atoms with Gasteiger partial charge in [-0.05, 0) is 37.7 Å². The summed E-state index contributed by atoms with van der Waals surface area (Å²) in [5, 5.41) is 10.7. The summed E-state index contributed by atoms with van der Waals surface area (Å²) < 4.78 is 7.59. The van der Waals surface area contributed by atoms with Gasteiger partial charge in [-0.1, -0.05) is 43.7 Å². The quantitative estimate of drug-likeness (QED) is 0.612. The van der Waals surface area contributed by atoms with Crippen molar-refractivity contribution < 1.29 is 9.53 Å². The van der Waals surface area contributed by atoms with Crippen molar-refractivity contribution in [2.75, 3.05) is 19.8 Å². The molecule has 1 aromatic heterocycles. The third-order valence-corrected chi connectivity index (χ3v) is 5.14. The van der Waals surface area contributed by atoms with Crippen LogP contribution in [0.3, 0.4) is 0 Å². The zero-order valence-electron chi connectivity index (χ0n) is 16.8.